The second-order valence-corrected chi connectivity index (χ2v) is 4.26. The standard InChI is InChI=1S/C9H14O2/c10-9-5-1-2-6(9)8-4-11-3-7(5)8/h5-10H,1-4H2/t5-,6-,7+,8+/m0/s1. The lowest BCUT2D eigenvalue weighted by Gasteiger charge is -2.20. The van der Waals surface area contributed by atoms with Gasteiger partial charge in [-0.05, 0) is 36.5 Å². The van der Waals surface area contributed by atoms with Crippen molar-refractivity contribution in [3.05, 3.63) is 0 Å². The Morgan fingerprint density at radius 1 is 0.909 bits per heavy atom. The maximum atomic E-state index is 9.78. The summed E-state index contributed by atoms with van der Waals surface area (Å²) in [5, 5.41) is 9.78. The number of aliphatic hydroxyl groups is 1. The third-order valence-corrected chi connectivity index (χ3v) is 3.98. The Labute approximate surface area is 66.5 Å². The summed E-state index contributed by atoms with van der Waals surface area (Å²) in [5.74, 6) is 2.60. The first-order valence-corrected chi connectivity index (χ1v) is 4.64. The molecule has 0 amide bonds. The van der Waals surface area contributed by atoms with E-state index < -0.39 is 0 Å². The minimum Gasteiger partial charge on any atom is -0.393 e. The third-order valence-electron chi connectivity index (χ3n) is 3.98. The molecule has 0 aromatic rings. The smallest absolute Gasteiger partial charge is 0.0603 e. The zero-order chi connectivity index (χ0) is 7.42. The van der Waals surface area contributed by atoms with Gasteiger partial charge in [0.05, 0.1) is 19.3 Å². The fourth-order valence-electron chi connectivity index (χ4n) is 3.45. The molecule has 62 valence electrons. The van der Waals surface area contributed by atoms with E-state index in [1.807, 2.05) is 0 Å². The van der Waals surface area contributed by atoms with Gasteiger partial charge in [-0.15, -0.1) is 0 Å². The summed E-state index contributed by atoms with van der Waals surface area (Å²) in [7, 11) is 0. The van der Waals surface area contributed by atoms with Crippen molar-refractivity contribution in [3.63, 3.8) is 0 Å². The maximum absolute atomic E-state index is 9.78. The predicted octanol–water partition coefficient (Wildman–Crippen LogP) is 0.650. The lowest BCUT2D eigenvalue weighted by atomic mass is 9.82. The Hall–Kier alpha value is -0.0800. The van der Waals surface area contributed by atoms with Crippen molar-refractivity contribution < 1.29 is 9.84 Å². The van der Waals surface area contributed by atoms with Crippen molar-refractivity contribution in [1.29, 1.82) is 0 Å². The molecule has 0 radical (unpaired) electrons. The molecule has 1 saturated heterocycles. The van der Waals surface area contributed by atoms with Crippen molar-refractivity contribution in [1.82, 2.24) is 0 Å². The van der Waals surface area contributed by atoms with E-state index >= 15 is 0 Å². The summed E-state index contributed by atoms with van der Waals surface area (Å²) in [6.07, 6.45) is 2.51. The molecule has 2 nitrogen and oxygen atoms in total. The monoisotopic (exact) mass is 154 g/mol. The molecule has 2 aliphatic carbocycles. The Morgan fingerprint density at radius 3 is 2.00 bits per heavy atom. The molecule has 1 N–H and O–H groups in total. The van der Waals surface area contributed by atoms with E-state index in [0.717, 1.165) is 13.2 Å². The summed E-state index contributed by atoms with van der Waals surface area (Å²) >= 11 is 0. The van der Waals surface area contributed by atoms with E-state index in [9.17, 15) is 5.11 Å². The molecule has 4 atom stereocenters. The fourth-order valence-corrected chi connectivity index (χ4v) is 3.45. The minimum absolute atomic E-state index is 0.0221. The zero-order valence-electron chi connectivity index (χ0n) is 6.57. The van der Waals surface area contributed by atoms with Gasteiger partial charge in [0, 0.05) is 0 Å². The molecule has 0 aromatic carbocycles. The Bertz CT molecular complexity index is 153. The van der Waals surface area contributed by atoms with Crippen LogP contribution < -0.4 is 0 Å². The molecular weight excluding hydrogens is 140 g/mol. The molecule has 1 aliphatic heterocycles. The first-order valence-electron chi connectivity index (χ1n) is 4.64. The summed E-state index contributed by atoms with van der Waals surface area (Å²) in [6, 6.07) is 0. The molecule has 0 aromatic heterocycles. The van der Waals surface area contributed by atoms with Crippen molar-refractivity contribution in [3.8, 4) is 0 Å². The van der Waals surface area contributed by atoms with Crippen LogP contribution in [-0.4, -0.2) is 24.4 Å². The van der Waals surface area contributed by atoms with Crippen molar-refractivity contribution in [2.75, 3.05) is 13.2 Å². The highest BCUT2D eigenvalue weighted by Crippen LogP contribution is 2.54. The van der Waals surface area contributed by atoms with Gasteiger partial charge in [-0.3, -0.25) is 0 Å². The molecule has 2 saturated carbocycles. The summed E-state index contributed by atoms with van der Waals surface area (Å²) < 4.78 is 5.43. The minimum atomic E-state index is 0.0221. The molecule has 3 rings (SSSR count). The molecular formula is C9H14O2. The second kappa shape index (κ2) is 1.99. The lowest BCUT2D eigenvalue weighted by molar-refractivity contribution is 0.0808. The number of hydrogen-bond acceptors (Lipinski definition) is 2. The van der Waals surface area contributed by atoms with Gasteiger partial charge in [0.1, 0.15) is 0 Å². The van der Waals surface area contributed by atoms with Gasteiger partial charge in [-0.2, -0.15) is 0 Å². The molecule has 2 bridgehead atoms. The first-order chi connectivity index (χ1) is 5.38. The summed E-state index contributed by atoms with van der Waals surface area (Å²) in [5.41, 5.74) is 0. The van der Waals surface area contributed by atoms with Crippen LogP contribution in [0.3, 0.4) is 0 Å². The highest BCUT2D eigenvalue weighted by molar-refractivity contribution is 5.04. The SMILES string of the molecule is OC1[C@H]2CC[C@H]1[C@H]1COC[C@@H]12. The normalized spacial score (nSPS) is 60.3. The number of hydrogen-bond donors (Lipinski definition) is 1. The van der Waals surface area contributed by atoms with Crippen LogP contribution in [0.5, 0.6) is 0 Å². The van der Waals surface area contributed by atoms with Crippen LogP contribution in [0.15, 0.2) is 0 Å². The zero-order valence-corrected chi connectivity index (χ0v) is 6.57. The molecule has 2 heteroatoms. The average molecular weight is 154 g/mol. The van der Waals surface area contributed by atoms with E-state index in [1.165, 1.54) is 12.8 Å². The van der Waals surface area contributed by atoms with E-state index in [4.69, 9.17) is 4.74 Å². The average Bonchev–Trinajstić information content (AvgIpc) is 2.61. The molecule has 0 spiro atoms. The topological polar surface area (TPSA) is 29.5 Å². The fraction of sp³-hybridized carbons (Fsp3) is 1.00. The number of rotatable bonds is 0. The van der Waals surface area contributed by atoms with Gasteiger partial charge in [-0.1, -0.05) is 0 Å². The Kier molecular flexibility index (Phi) is 1.16. The highest BCUT2D eigenvalue weighted by atomic mass is 16.5. The van der Waals surface area contributed by atoms with Gasteiger partial charge >= 0.3 is 0 Å². The molecule has 3 aliphatic rings. The molecule has 3 fully saturated rings. The maximum Gasteiger partial charge on any atom is 0.0603 e. The van der Waals surface area contributed by atoms with Crippen molar-refractivity contribution in [2.24, 2.45) is 23.7 Å². The Morgan fingerprint density at radius 2 is 1.45 bits per heavy atom. The van der Waals surface area contributed by atoms with Crippen LogP contribution in [-0.2, 0) is 4.74 Å². The molecule has 1 heterocycles. The summed E-state index contributed by atoms with van der Waals surface area (Å²) in [6.45, 7) is 1.84. The van der Waals surface area contributed by atoms with Crippen LogP contribution in [0.1, 0.15) is 12.8 Å². The van der Waals surface area contributed by atoms with Crippen LogP contribution in [0, 0.1) is 23.7 Å². The van der Waals surface area contributed by atoms with Crippen molar-refractivity contribution >= 4 is 0 Å². The van der Waals surface area contributed by atoms with E-state index in [0.29, 0.717) is 23.7 Å². The van der Waals surface area contributed by atoms with Crippen LogP contribution >= 0.6 is 0 Å². The largest absolute Gasteiger partial charge is 0.393 e. The highest BCUT2D eigenvalue weighted by Gasteiger charge is 2.55. The lowest BCUT2D eigenvalue weighted by Crippen LogP contribution is -2.19. The third kappa shape index (κ3) is 0.651. The van der Waals surface area contributed by atoms with Crippen molar-refractivity contribution in [2.45, 2.75) is 18.9 Å². The van der Waals surface area contributed by atoms with Crippen LogP contribution in [0.25, 0.3) is 0 Å². The number of ether oxygens (including phenoxy) is 1. The van der Waals surface area contributed by atoms with Gasteiger partial charge in [0.2, 0.25) is 0 Å². The van der Waals surface area contributed by atoms with Crippen LogP contribution in [0.2, 0.25) is 0 Å². The number of aliphatic hydroxyl groups excluding tert-OH is 1. The summed E-state index contributed by atoms with van der Waals surface area (Å²) in [4.78, 5) is 0. The van der Waals surface area contributed by atoms with E-state index in [-0.39, 0.29) is 6.10 Å². The second-order valence-electron chi connectivity index (χ2n) is 4.26. The predicted molar refractivity (Wildman–Crippen MR) is 40.0 cm³/mol. The van der Waals surface area contributed by atoms with E-state index in [1.54, 1.807) is 0 Å². The molecule has 11 heavy (non-hydrogen) atoms. The quantitative estimate of drug-likeness (QED) is 0.555. The van der Waals surface area contributed by atoms with Crippen LogP contribution in [0.4, 0.5) is 0 Å². The van der Waals surface area contributed by atoms with E-state index in [2.05, 4.69) is 0 Å². The van der Waals surface area contributed by atoms with Gasteiger partial charge in [-0.25, -0.2) is 0 Å². The molecule has 0 unspecified atom stereocenters. The Balaban J connectivity index is 1.94. The van der Waals surface area contributed by atoms with Gasteiger partial charge in [0.25, 0.3) is 0 Å². The van der Waals surface area contributed by atoms with Gasteiger partial charge in [0.15, 0.2) is 0 Å². The number of fused-ring (bicyclic) bond motifs is 5. The van der Waals surface area contributed by atoms with Gasteiger partial charge < -0.3 is 9.84 Å². The first kappa shape index (κ1) is 6.44.